The summed E-state index contributed by atoms with van der Waals surface area (Å²) in [7, 11) is 0. The van der Waals surface area contributed by atoms with Gasteiger partial charge in [0.25, 0.3) is 0 Å². The van der Waals surface area contributed by atoms with Gasteiger partial charge in [0, 0.05) is 12.8 Å². The van der Waals surface area contributed by atoms with Gasteiger partial charge < -0.3 is 9.84 Å². The van der Waals surface area contributed by atoms with Gasteiger partial charge in [0.05, 0.1) is 12.3 Å². The fraction of sp³-hybridized carbons (Fsp3) is 0.556. The van der Waals surface area contributed by atoms with Crippen LogP contribution in [0.4, 0.5) is 0 Å². The smallest absolute Gasteiger partial charge is 0.125 e. The van der Waals surface area contributed by atoms with Gasteiger partial charge in [-0.15, -0.1) is 0 Å². The predicted octanol–water partition coefficient (Wildman–Crippen LogP) is 0.855. The highest BCUT2D eigenvalue weighted by atomic mass is 16.5. The van der Waals surface area contributed by atoms with Crippen LogP contribution in [0, 0.1) is 6.92 Å². The molecule has 1 aromatic rings. The summed E-state index contributed by atoms with van der Waals surface area (Å²) in [6, 6.07) is 1.69. The van der Waals surface area contributed by atoms with Crippen molar-refractivity contribution in [2.24, 2.45) is 0 Å². The van der Waals surface area contributed by atoms with Crippen molar-refractivity contribution in [2.45, 2.75) is 20.0 Å². The monoisotopic (exact) mass is 182 g/mol. The number of hydrogen-bond donors (Lipinski definition) is 1. The van der Waals surface area contributed by atoms with Crippen molar-refractivity contribution in [3.05, 3.63) is 23.8 Å². The molecule has 0 saturated carbocycles. The van der Waals surface area contributed by atoms with E-state index in [0.29, 0.717) is 18.1 Å². The molecule has 0 fully saturated rings. The molecule has 1 aromatic heterocycles. The minimum atomic E-state index is -0.651. The summed E-state index contributed by atoms with van der Waals surface area (Å²) < 4.78 is 5.08. The fourth-order valence-electron chi connectivity index (χ4n) is 0.975. The van der Waals surface area contributed by atoms with Crippen molar-refractivity contribution in [3.8, 4) is 0 Å². The summed E-state index contributed by atoms with van der Waals surface area (Å²) in [5.41, 5.74) is 0.612. The molecule has 0 aliphatic heterocycles. The van der Waals surface area contributed by atoms with Gasteiger partial charge in [-0.3, -0.25) is 0 Å². The van der Waals surface area contributed by atoms with Crippen LogP contribution < -0.4 is 0 Å². The summed E-state index contributed by atoms with van der Waals surface area (Å²) in [6.07, 6.45) is 0.981. The van der Waals surface area contributed by atoms with Gasteiger partial charge in [-0.1, -0.05) is 0 Å². The third-order valence-corrected chi connectivity index (χ3v) is 1.62. The first-order valence-electron chi connectivity index (χ1n) is 4.29. The Bertz CT molecular complexity index is 266. The molecule has 0 saturated heterocycles. The molecule has 0 spiro atoms. The first kappa shape index (κ1) is 10.1. The van der Waals surface area contributed by atoms with E-state index >= 15 is 0 Å². The number of aliphatic hydroxyl groups excluding tert-OH is 1. The van der Waals surface area contributed by atoms with E-state index in [1.54, 1.807) is 19.2 Å². The molecule has 0 bridgehead atoms. The second-order valence-electron chi connectivity index (χ2n) is 2.70. The highest BCUT2D eigenvalue weighted by Gasteiger charge is 2.08. The van der Waals surface area contributed by atoms with Gasteiger partial charge in [-0.25, -0.2) is 9.97 Å². The van der Waals surface area contributed by atoms with E-state index in [-0.39, 0.29) is 6.61 Å². The minimum Gasteiger partial charge on any atom is -0.384 e. The van der Waals surface area contributed by atoms with E-state index < -0.39 is 6.10 Å². The van der Waals surface area contributed by atoms with Crippen LogP contribution in [0.3, 0.4) is 0 Å². The maximum absolute atomic E-state index is 9.56. The molecule has 1 heterocycles. The summed E-state index contributed by atoms with van der Waals surface area (Å²) in [4.78, 5) is 8.02. The zero-order chi connectivity index (χ0) is 9.68. The molecule has 72 valence electrons. The molecule has 0 aliphatic carbocycles. The number of aliphatic hydroxyl groups is 1. The molecule has 1 N–H and O–H groups in total. The van der Waals surface area contributed by atoms with E-state index in [9.17, 15) is 5.11 Å². The van der Waals surface area contributed by atoms with Crippen molar-refractivity contribution < 1.29 is 9.84 Å². The summed E-state index contributed by atoms with van der Waals surface area (Å²) in [5.74, 6) is 0.660. The second-order valence-corrected chi connectivity index (χ2v) is 2.70. The van der Waals surface area contributed by atoms with Crippen LogP contribution in [-0.2, 0) is 4.74 Å². The topological polar surface area (TPSA) is 55.2 Å². The summed E-state index contributed by atoms with van der Waals surface area (Å²) >= 11 is 0. The zero-order valence-corrected chi connectivity index (χ0v) is 7.90. The molecule has 13 heavy (non-hydrogen) atoms. The second kappa shape index (κ2) is 4.89. The Kier molecular flexibility index (Phi) is 3.79. The van der Waals surface area contributed by atoms with Gasteiger partial charge in [-0.05, 0) is 19.9 Å². The number of aromatic nitrogens is 2. The van der Waals surface area contributed by atoms with Gasteiger partial charge in [0.1, 0.15) is 11.9 Å². The fourth-order valence-corrected chi connectivity index (χ4v) is 0.975. The molecular weight excluding hydrogens is 168 g/mol. The lowest BCUT2D eigenvalue weighted by Crippen LogP contribution is -2.09. The van der Waals surface area contributed by atoms with E-state index in [2.05, 4.69) is 9.97 Å². The Balaban J connectivity index is 2.60. The van der Waals surface area contributed by atoms with Gasteiger partial charge in [0.2, 0.25) is 0 Å². The van der Waals surface area contributed by atoms with Crippen LogP contribution in [0.1, 0.15) is 24.5 Å². The van der Waals surface area contributed by atoms with Gasteiger partial charge in [-0.2, -0.15) is 0 Å². The molecule has 0 radical (unpaired) electrons. The van der Waals surface area contributed by atoms with Crippen molar-refractivity contribution in [2.75, 3.05) is 13.2 Å². The molecule has 1 atom stereocenters. The highest BCUT2D eigenvalue weighted by molar-refractivity contribution is 5.04. The summed E-state index contributed by atoms with van der Waals surface area (Å²) in [5, 5.41) is 9.56. The van der Waals surface area contributed by atoms with Crippen molar-refractivity contribution in [3.63, 3.8) is 0 Å². The van der Waals surface area contributed by atoms with E-state index in [4.69, 9.17) is 4.74 Å². The van der Waals surface area contributed by atoms with Crippen LogP contribution in [-0.4, -0.2) is 28.3 Å². The van der Waals surface area contributed by atoms with E-state index in [0.717, 1.165) is 0 Å². The van der Waals surface area contributed by atoms with Crippen LogP contribution in [0.15, 0.2) is 12.3 Å². The first-order chi connectivity index (χ1) is 6.24. The number of nitrogens with zero attached hydrogens (tertiary/aromatic N) is 2. The Labute approximate surface area is 77.6 Å². The third-order valence-electron chi connectivity index (χ3n) is 1.62. The number of aryl methyl sites for hydroxylation is 1. The predicted molar refractivity (Wildman–Crippen MR) is 48.2 cm³/mol. The van der Waals surface area contributed by atoms with E-state index in [1.165, 1.54) is 0 Å². The lowest BCUT2D eigenvalue weighted by molar-refractivity contribution is 0.0396. The highest BCUT2D eigenvalue weighted by Crippen LogP contribution is 2.09. The van der Waals surface area contributed by atoms with Gasteiger partial charge in [0.15, 0.2) is 0 Å². The number of rotatable bonds is 4. The van der Waals surface area contributed by atoms with Crippen LogP contribution in [0.2, 0.25) is 0 Å². The van der Waals surface area contributed by atoms with Crippen molar-refractivity contribution in [1.29, 1.82) is 0 Å². The van der Waals surface area contributed by atoms with E-state index in [1.807, 2.05) is 6.92 Å². The lowest BCUT2D eigenvalue weighted by atomic mass is 10.2. The molecular formula is C9H14N2O2. The van der Waals surface area contributed by atoms with Crippen molar-refractivity contribution >= 4 is 0 Å². The maximum atomic E-state index is 9.56. The Morgan fingerprint density at radius 3 is 3.00 bits per heavy atom. The Morgan fingerprint density at radius 2 is 2.38 bits per heavy atom. The third kappa shape index (κ3) is 3.08. The maximum Gasteiger partial charge on any atom is 0.125 e. The van der Waals surface area contributed by atoms with Crippen LogP contribution >= 0.6 is 0 Å². The molecule has 4 nitrogen and oxygen atoms in total. The van der Waals surface area contributed by atoms with Crippen LogP contribution in [0.25, 0.3) is 0 Å². The van der Waals surface area contributed by atoms with Crippen LogP contribution in [0.5, 0.6) is 0 Å². The number of ether oxygens (including phenoxy) is 1. The molecule has 0 aliphatic rings. The van der Waals surface area contributed by atoms with Gasteiger partial charge >= 0.3 is 0 Å². The number of hydrogen-bond acceptors (Lipinski definition) is 4. The SMILES string of the molecule is CCOCC(O)c1ccnc(C)n1. The molecule has 0 amide bonds. The summed E-state index contributed by atoms with van der Waals surface area (Å²) in [6.45, 7) is 4.56. The zero-order valence-electron chi connectivity index (χ0n) is 7.90. The first-order valence-corrected chi connectivity index (χ1v) is 4.29. The lowest BCUT2D eigenvalue weighted by Gasteiger charge is -2.09. The quantitative estimate of drug-likeness (QED) is 0.750. The van der Waals surface area contributed by atoms with Crippen molar-refractivity contribution in [1.82, 2.24) is 9.97 Å². The Morgan fingerprint density at radius 1 is 1.62 bits per heavy atom. The molecule has 4 heteroatoms. The average Bonchev–Trinajstić information content (AvgIpc) is 2.14. The Hall–Kier alpha value is -1.00. The largest absolute Gasteiger partial charge is 0.384 e. The molecule has 1 unspecified atom stereocenters. The molecule has 1 rings (SSSR count). The normalized spacial score (nSPS) is 12.8. The molecule has 0 aromatic carbocycles. The standard InChI is InChI=1S/C9H14N2O2/c1-3-13-6-9(12)8-4-5-10-7(2)11-8/h4-5,9,12H,3,6H2,1-2H3. The average molecular weight is 182 g/mol. The minimum absolute atomic E-state index is 0.285.